The topological polar surface area (TPSA) is 67.7 Å². The first-order chi connectivity index (χ1) is 9.99. The SMILES string of the molecule is CC(=O)c1ccc(S(=O)(=O)NCCC[NH+]2CCCC2)cc1. The van der Waals surface area contributed by atoms with Crippen LogP contribution in [0.3, 0.4) is 0 Å². The fraction of sp³-hybridized carbons (Fsp3) is 0.533. The van der Waals surface area contributed by atoms with Crippen LogP contribution in [0, 0.1) is 0 Å². The van der Waals surface area contributed by atoms with Gasteiger partial charge in [-0.15, -0.1) is 0 Å². The minimum absolute atomic E-state index is 0.0690. The summed E-state index contributed by atoms with van der Waals surface area (Å²) in [6.45, 7) is 5.35. The van der Waals surface area contributed by atoms with Gasteiger partial charge in [0.15, 0.2) is 5.78 Å². The molecule has 1 aromatic rings. The lowest BCUT2D eigenvalue weighted by atomic mass is 10.2. The predicted octanol–water partition coefficient (Wildman–Crippen LogP) is 0.236. The van der Waals surface area contributed by atoms with Crippen LogP contribution in [-0.2, 0) is 10.0 Å². The summed E-state index contributed by atoms with van der Waals surface area (Å²) >= 11 is 0. The second kappa shape index (κ2) is 7.15. The van der Waals surface area contributed by atoms with E-state index in [1.807, 2.05) is 0 Å². The number of hydrogen-bond donors (Lipinski definition) is 2. The monoisotopic (exact) mass is 311 g/mol. The molecule has 1 heterocycles. The van der Waals surface area contributed by atoms with Crippen LogP contribution < -0.4 is 9.62 Å². The summed E-state index contributed by atoms with van der Waals surface area (Å²) in [5, 5.41) is 0. The second-order valence-corrected chi connectivity index (χ2v) is 7.31. The van der Waals surface area contributed by atoms with Crippen LogP contribution >= 0.6 is 0 Å². The number of benzene rings is 1. The number of carbonyl (C=O) groups excluding carboxylic acids is 1. The zero-order valence-electron chi connectivity index (χ0n) is 12.4. The highest BCUT2D eigenvalue weighted by molar-refractivity contribution is 7.89. The van der Waals surface area contributed by atoms with Gasteiger partial charge >= 0.3 is 0 Å². The van der Waals surface area contributed by atoms with Crippen LogP contribution in [0.15, 0.2) is 29.2 Å². The Morgan fingerprint density at radius 2 is 1.81 bits per heavy atom. The second-order valence-electron chi connectivity index (χ2n) is 5.54. The van der Waals surface area contributed by atoms with Gasteiger partial charge in [-0.05, 0) is 19.1 Å². The molecule has 1 aliphatic heterocycles. The van der Waals surface area contributed by atoms with E-state index in [0.29, 0.717) is 12.1 Å². The highest BCUT2D eigenvalue weighted by Gasteiger charge is 2.16. The molecule has 1 fully saturated rings. The minimum Gasteiger partial charge on any atom is -0.335 e. The summed E-state index contributed by atoms with van der Waals surface area (Å²) in [5.74, 6) is -0.0690. The summed E-state index contributed by atoms with van der Waals surface area (Å²) in [5.41, 5.74) is 0.520. The van der Waals surface area contributed by atoms with Gasteiger partial charge < -0.3 is 4.90 Å². The summed E-state index contributed by atoms with van der Waals surface area (Å²) in [6.07, 6.45) is 3.41. The fourth-order valence-corrected chi connectivity index (χ4v) is 3.70. The van der Waals surface area contributed by atoms with Crippen molar-refractivity contribution in [1.82, 2.24) is 4.72 Å². The molecule has 1 aliphatic rings. The Labute approximate surface area is 126 Å². The van der Waals surface area contributed by atoms with E-state index in [1.165, 1.54) is 45.0 Å². The van der Waals surface area contributed by atoms with Crippen LogP contribution in [0.2, 0.25) is 0 Å². The Balaban J connectivity index is 1.84. The molecule has 0 spiro atoms. The van der Waals surface area contributed by atoms with E-state index in [9.17, 15) is 13.2 Å². The van der Waals surface area contributed by atoms with Gasteiger partial charge in [0.2, 0.25) is 10.0 Å². The number of quaternary nitrogens is 1. The van der Waals surface area contributed by atoms with E-state index in [-0.39, 0.29) is 10.7 Å². The predicted molar refractivity (Wildman–Crippen MR) is 81.0 cm³/mol. The molecule has 0 bridgehead atoms. The smallest absolute Gasteiger partial charge is 0.240 e. The summed E-state index contributed by atoms with van der Waals surface area (Å²) in [7, 11) is -3.47. The molecule has 116 valence electrons. The van der Waals surface area contributed by atoms with Gasteiger partial charge in [-0.25, -0.2) is 13.1 Å². The van der Waals surface area contributed by atoms with Crippen molar-refractivity contribution in [2.45, 2.75) is 31.1 Å². The van der Waals surface area contributed by atoms with Gasteiger partial charge in [-0.3, -0.25) is 4.79 Å². The molecule has 0 atom stereocenters. The van der Waals surface area contributed by atoms with Gasteiger partial charge in [0.25, 0.3) is 0 Å². The lowest BCUT2D eigenvalue weighted by Gasteiger charge is -2.12. The Morgan fingerprint density at radius 3 is 2.38 bits per heavy atom. The van der Waals surface area contributed by atoms with Crippen LogP contribution in [0.5, 0.6) is 0 Å². The molecule has 6 heteroatoms. The molecule has 0 amide bonds. The first-order valence-electron chi connectivity index (χ1n) is 7.43. The number of Topliss-reactive ketones (excluding diaryl/α,β-unsaturated/α-hetero) is 1. The zero-order valence-corrected chi connectivity index (χ0v) is 13.2. The summed E-state index contributed by atoms with van der Waals surface area (Å²) in [6, 6.07) is 6.05. The summed E-state index contributed by atoms with van der Waals surface area (Å²) < 4.78 is 26.8. The standard InChI is InChI=1S/C15H22N2O3S/c1-13(18)14-5-7-15(8-6-14)21(19,20)16-9-4-12-17-10-2-3-11-17/h5-8,16H,2-4,9-12H2,1H3/p+1. The molecule has 0 aliphatic carbocycles. The quantitative estimate of drug-likeness (QED) is 0.560. The molecule has 0 unspecified atom stereocenters. The molecule has 0 saturated carbocycles. The fourth-order valence-electron chi connectivity index (χ4n) is 2.62. The molecule has 1 aromatic carbocycles. The maximum Gasteiger partial charge on any atom is 0.240 e. The maximum absolute atomic E-state index is 12.1. The lowest BCUT2D eigenvalue weighted by molar-refractivity contribution is -0.887. The van der Waals surface area contributed by atoms with Crippen LogP contribution in [0.25, 0.3) is 0 Å². The zero-order chi connectivity index (χ0) is 15.3. The highest BCUT2D eigenvalue weighted by atomic mass is 32.2. The van der Waals surface area contributed by atoms with E-state index in [4.69, 9.17) is 0 Å². The Hall–Kier alpha value is -1.24. The minimum atomic E-state index is -3.47. The van der Waals surface area contributed by atoms with Crippen LogP contribution in [0.4, 0.5) is 0 Å². The Bertz CT molecular complexity index is 575. The average molecular weight is 311 g/mol. The van der Waals surface area contributed by atoms with Gasteiger partial charge in [-0.1, -0.05) is 12.1 Å². The molecule has 21 heavy (non-hydrogen) atoms. The van der Waals surface area contributed by atoms with Crippen molar-refractivity contribution >= 4 is 15.8 Å². The largest absolute Gasteiger partial charge is 0.335 e. The molecule has 5 nitrogen and oxygen atoms in total. The van der Waals surface area contributed by atoms with Crippen molar-refractivity contribution in [2.24, 2.45) is 0 Å². The van der Waals surface area contributed by atoms with Gasteiger partial charge in [-0.2, -0.15) is 0 Å². The first-order valence-corrected chi connectivity index (χ1v) is 8.91. The summed E-state index contributed by atoms with van der Waals surface area (Å²) in [4.78, 5) is 13.0. The average Bonchev–Trinajstić information content (AvgIpc) is 2.97. The molecule has 0 aromatic heterocycles. The van der Waals surface area contributed by atoms with Gasteiger partial charge in [0, 0.05) is 31.4 Å². The third kappa shape index (κ3) is 4.62. The van der Waals surface area contributed by atoms with Crippen molar-refractivity contribution in [1.29, 1.82) is 0 Å². The van der Waals surface area contributed by atoms with E-state index in [2.05, 4.69) is 4.72 Å². The lowest BCUT2D eigenvalue weighted by Crippen LogP contribution is -3.10. The number of nitrogens with one attached hydrogen (secondary N) is 2. The number of likely N-dealkylation sites (tertiary alicyclic amines) is 1. The Morgan fingerprint density at radius 1 is 1.19 bits per heavy atom. The van der Waals surface area contributed by atoms with Crippen LogP contribution in [0.1, 0.15) is 36.5 Å². The first kappa shape index (κ1) is 16.1. The normalized spacial score (nSPS) is 16.2. The molecule has 2 rings (SSSR count). The number of ketones is 1. The Kier molecular flexibility index (Phi) is 5.50. The number of carbonyl (C=O) groups is 1. The van der Waals surface area contributed by atoms with Crippen molar-refractivity contribution in [3.8, 4) is 0 Å². The number of rotatable bonds is 7. The third-order valence-corrected chi connectivity index (χ3v) is 5.36. The molecule has 0 radical (unpaired) electrons. The molecular formula is C15H23N2O3S+. The maximum atomic E-state index is 12.1. The van der Waals surface area contributed by atoms with Crippen molar-refractivity contribution in [3.63, 3.8) is 0 Å². The van der Waals surface area contributed by atoms with Crippen molar-refractivity contribution in [2.75, 3.05) is 26.2 Å². The van der Waals surface area contributed by atoms with E-state index >= 15 is 0 Å². The van der Waals surface area contributed by atoms with E-state index < -0.39 is 10.0 Å². The van der Waals surface area contributed by atoms with Crippen molar-refractivity contribution < 1.29 is 18.1 Å². The highest BCUT2D eigenvalue weighted by Crippen LogP contribution is 2.10. The van der Waals surface area contributed by atoms with E-state index in [1.54, 1.807) is 17.0 Å². The third-order valence-electron chi connectivity index (χ3n) is 3.88. The number of sulfonamides is 1. The molecular weight excluding hydrogens is 288 g/mol. The van der Waals surface area contributed by atoms with Gasteiger partial charge in [0.05, 0.1) is 24.5 Å². The van der Waals surface area contributed by atoms with Gasteiger partial charge in [0.1, 0.15) is 0 Å². The molecule has 1 saturated heterocycles. The van der Waals surface area contributed by atoms with Crippen molar-refractivity contribution in [3.05, 3.63) is 29.8 Å². The molecule has 2 N–H and O–H groups in total. The number of hydrogen-bond acceptors (Lipinski definition) is 3. The van der Waals surface area contributed by atoms with Crippen LogP contribution in [-0.4, -0.2) is 40.4 Å². The van der Waals surface area contributed by atoms with E-state index in [0.717, 1.165) is 13.0 Å².